The lowest BCUT2D eigenvalue weighted by atomic mass is 10.2. The van der Waals surface area contributed by atoms with Crippen LogP contribution < -0.4 is 15.6 Å². The molecular formula is C18H17N3O4. The van der Waals surface area contributed by atoms with Gasteiger partial charge < -0.3 is 19.5 Å². The normalized spacial score (nSPS) is 10.4. The molecule has 0 saturated heterocycles. The van der Waals surface area contributed by atoms with Gasteiger partial charge in [0, 0.05) is 30.8 Å². The van der Waals surface area contributed by atoms with Gasteiger partial charge in [-0.3, -0.25) is 9.59 Å². The molecule has 1 aromatic carbocycles. The van der Waals surface area contributed by atoms with Crippen LogP contribution in [0.5, 0.6) is 5.75 Å². The first-order valence-corrected chi connectivity index (χ1v) is 7.71. The molecule has 2 N–H and O–H groups in total. The fourth-order valence-corrected chi connectivity index (χ4v) is 2.25. The van der Waals surface area contributed by atoms with E-state index in [1.807, 2.05) is 24.3 Å². The lowest BCUT2D eigenvalue weighted by Gasteiger charge is -2.03. The summed E-state index contributed by atoms with van der Waals surface area (Å²) in [6.45, 7) is 0.409. The summed E-state index contributed by atoms with van der Waals surface area (Å²) in [5, 5.41) is 2.77. The first kappa shape index (κ1) is 16.5. The first-order chi connectivity index (χ1) is 12.2. The maximum absolute atomic E-state index is 11.9. The highest BCUT2D eigenvalue weighted by molar-refractivity contribution is 5.93. The van der Waals surface area contributed by atoms with Crippen molar-refractivity contribution in [2.75, 3.05) is 13.7 Å². The Morgan fingerprint density at radius 1 is 1.24 bits per heavy atom. The molecule has 0 unspecified atom stereocenters. The number of amides is 1. The van der Waals surface area contributed by atoms with Crippen molar-refractivity contribution in [1.29, 1.82) is 0 Å². The second-order valence-corrected chi connectivity index (χ2v) is 5.32. The van der Waals surface area contributed by atoms with Gasteiger partial charge >= 0.3 is 0 Å². The number of hydrogen-bond donors (Lipinski definition) is 2. The van der Waals surface area contributed by atoms with Crippen molar-refractivity contribution < 1.29 is 13.9 Å². The van der Waals surface area contributed by atoms with E-state index in [2.05, 4.69) is 15.3 Å². The van der Waals surface area contributed by atoms with Crippen molar-refractivity contribution in [3.63, 3.8) is 0 Å². The van der Waals surface area contributed by atoms with Gasteiger partial charge in [-0.05, 0) is 30.3 Å². The number of benzene rings is 1. The number of aromatic amines is 1. The van der Waals surface area contributed by atoms with Crippen LogP contribution in [0.2, 0.25) is 0 Å². The number of methoxy groups -OCH3 is 1. The smallest absolute Gasteiger partial charge is 0.252 e. The highest BCUT2D eigenvalue weighted by atomic mass is 16.5. The second kappa shape index (κ2) is 7.48. The number of oxazole rings is 1. The Balaban J connectivity index is 1.55. The topological polar surface area (TPSA) is 97.2 Å². The molecular weight excluding hydrogens is 322 g/mol. The highest BCUT2D eigenvalue weighted by Gasteiger charge is 2.09. The molecule has 0 radical (unpaired) electrons. The van der Waals surface area contributed by atoms with Crippen molar-refractivity contribution in [1.82, 2.24) is 15.3 Å². The third kappa shape index (κ3) is 4.14. The van der Waals surface area contributed by atoms with Crippen molar-refractivity contribution >= 4 is 5.91 Å². The summed E-state index contributed by atoms with van der Waals surface area (Å²) in [5.74, 6) is 1.03. The first-order valence-electron chi connectivity index (χ1n) is 7.71. The molecule has 2 aromatic heterocycles. The predicted octanol–water partition coefficient (Wildman–Crippen LogP) is 2.01. The number of nitrogens with one attached hydrogen (secondary N) is 2. The Labute approximate surface area is 143 Å². The third-order valence-electron chi connectivity index (χ3n) is 3.60. The zero-order chi connectivity index (χ0) is 17.6. The summed E-state index contributed by atoms with van der Waals surface area (Å²) in [6.07, 6.45) is 3.50. The lowest BCUT2D eigenvalue weighted by molar-refractivity contribution is 0.0953. The van der Waals surface area contributed by atoms with Crippen LogP contribution in [0.4, 0.5) is 0 Å². The third-order valence-corrected chi connectivity index (χ3v) is 3.60. The average molecular weight is 339 g/mol. The standard InChI is InChI=1S/C18H17N3O4/c1-24-15-5-2-12(3-6-15)18-21-14(11-25-18)8-9-19-17(23)13-4-7-16(22)20-10-13/h2-7,10-11H,8-9H2,1H3,(H,19,23)(H,20,22). The van der Waals surface area contributed by atoms with Crippen molar-refractivity contribution in [2.45, 2.75) is 6.42 Å². The fourth-order valence-electron chi connectivity index (χ4n) is 2.25. The molecule has 7 heteroatoms. The van der Waals surface area contributed by atoms with Crippen LogP contribution >= 0.6 is 0 Å². The number of pyridine rings is 1. The lowest BCUT2D eigenvalue weighted by Crippen LogP contribution is -2.26. The number of nitrogens with zero attached hydrogens (tertiary/aromatic N) is 1. The fraction of sp³-hybridized carbons (Fsp3) is 0.167. The predicted molar refractivity (Wildman–Crippen MR) is 91.6 cm³/mol. The molecule has 0 fully saturated rings. The van der Waals surface area contributed by atoms with Crippen LogP contribution in [0.3, 0.4) is 0 Å². The summed E-state index contributed by atoms with van der Waals surface area (Å²) >= 11 is 0. The molecule has 7 nitrogen and oxygen atoms in total. The molecule has 0 bridgehead atoms. The maximum atomic E-state index is 11.9. The molecule has 0 spiro atoms. The molecule has 3 rings (SSSR count). The van der Waals surface area contributed by atoms with E-state index in [9.17, 15) is 9.59 Å². The number of aromatic nitrogens is 2. The minimum absolute atomic E-state index is 0.245. The average Bonchev–Trinajstić information content (AvgIpc) is 3.11. The minimum atomic E-state index is -0.255. The number of H-pyrrole nitrogens is 1. The van der Waals surface area contributed by atoms with E-state index in [0.29, 0.717) is 24.4 Å². The van der Waals surface area contributed by atoms with Crippen molar-refractivity contribution in [2.24, 2.45) is 0 Å². The molecule has 0 aliphatic carbocycles. The largest absolute Gasteiger partial charge is 0.497 e. The van der Waals surface area contributed by atoms with Gasteiger partial charge in [0.05, 0.1) is 18.4 Å². The van der Waals surface area contributed by atoms with Crippen molar-refractivity contribution in [3.05, 3.63) is 70.5 Å². The van der Waals surface area contributed by atoms with E-state index in [1.54, 1.807) is 13.4 Å². The van der Waals surface area contributed by atoms with E-state index in [0.717, 1.165) is 17.0 Å². The molecule has 0 aliphatic heterocycles. The number of carbonyl (C=O) groups is 1. The van der Waals surface area contributed by atoms with Crippen molar-refractivity contribution in [3.8, 4) is 17.2 Å². The van der Waals surface area contributed by atoms with Gasteiger partial charge in [-0.1, -0.05) is 0 Å². The van der Waals surface area contributed by atoms with Crippen LogP contribution in [0, 0.1) is 0 Å². The monoisotopic (exact) mass is 339 g/mol. The minimum Gasteiger partial charge on any atom is -0.497 e. The summed E-state index contributed by atoms with van der Waals surface area (Å²) in [6, 6.07) is 10.2. The van der Waals surface area contributed by atoms with Gasteiger partial charge in [-0.2, -0.15) is 0 Å². The van der Waals surface area contributed by atoms with E-state index in [1.165, 1.54) is 18.3 Å². The summed E-state index contributed by atoms with van der Waals surface area (Å²) in [7, 11) is 1.61. The summed E-state index contributed by atoms with van der Waals surface area (Å²) < 4.78 is 10.6. The SMILES string of the molecule is COc1ccc(-c2nc(CCNC(=O)c3ccc(=O)[nH]c3)co2)cc1. The zero-order valence-electron chi connectivity index (χ0n) is 13.6. The van der Waals surface area contributed by atoms with Gasteiger partial charge in [0.15, 0.2) is 0 Å². The molecule has 2 heterocycles. The highest BCUT2D eigenvalue weighted by Crippen LogP contribution is 2.21. The van der Waals surface area contributed by atoms with Crippen LogP contribution in [-0.4, -0.2) is 29.5 Å². The maximum Gasteiger partial charge on any atom is 0.252 e. The van der Waals surface area contributed by atoms with E-state index < -0.39 is 0 Å². The Kier molecular flexibility index (Phi) is 4.94. The van der Waals surface area contributed by atoms with Gasteiger partial charge in [0.2, 0.25) is 11.4 Å². The van der Waals surface area contributed by atoms with Gasteiger partial charge in [0.25, 0.3) is 5.91 Å². The Bertz CT molecular complexity index is 892. The molecule has 1 amide bonds. The quantitative estimate of drug-likeness (QED) is 0.716. The van der Waals surface area contributed by atoms with Crippen LogP contribution in [0.1, 0.15) is 16.1 Å². The number of rotatable bonds is 6. The molecule has 0 aliphatic rings. The second-order valence-electron chi connectivity index (χ2n) is 5.32. The van der Waals surface area contributed by atoms with Gasteiger partial charge in [0.1, 0.15) is 12.0 Å². The number of carbonyl (C=O) groups excluding carboxylic acids is 1. The summed E-state index contributed by atoms with van der Waals surface area (Å²) in [5.41, 5.74) is 1.75. The molecule has 3 aromatic rings. The summed E-state index contributed by atoms with van der Waals surface area (Å²) in [4.78, 5) is 29.8. The van der Waals surface area contributed by atoms with E-state index in [-0.39, 0.29) is 11.5 Å². The Morgan fingerprint density at radius 3 is 2.72 bits per heavy atom. The molecule has 25 heavy (non-hydrogen) atoms. The van der Waals surface area contributed by atoms with E-state index in [4.69, 9.17) is 9.15 Å². The van der Waals surface area contributed by atoms with Crippen LogP contribution in [0.25, 0.3) is 11.5 Å². The Hall–Kier alpha value is -3.35. The van der Waals surface area contributed by atoms with Gasteiger partial charge in [-0.15, -0.1) is 0 Å². The van der Waals surface area contributed by atoms with Gasteiger partial charge in [-0.25, -0.2) is 4.98 Å². The molecule has 0 saturated carbocycles. The number of ether oxygens (including phenoxy) is 1. The zero-order valence-corrected chi connectivity index (χ0v) is 13.6. The molecule has 0 atom stereocenters. The van der Waals surface area contributed by atoms with Crippen LogP contribution in [0.15, 0.2) is 58.1 Å². The molecule has 128 valence electrons. The van der Waals surface area contributed by atoms with E-state index >= 15 is 0 Å². The van der Waals surface area contributed by atoms with Crippen LogP contribution in [-0.2, 0) is 6.42 Å². The Morgan fingerprint density at radius 2 is 2.04 bits per heavy atom. The number of hydrogen-bond acceptors (Lipinski definition) is 5.